The number of carbonyl (C=O) groups is 1. The number of rotatable bonds is 5. The predicted molar refractivity (Wildman–Crippen MR) is 108 cm³/mol. The van der Waals surface area contributed by atoms with Crippen LogP contribution < -0.4 is 5.32 Å². The lowest BCUT2D eigenvalue weighted by Gasteiger charge is -2.09. The largest absolute Gasteiger partial charge is 0.436 e. The van der Waals surface area contributed by atoms with Gasteiger partial charge in [0, 0.05) is 6.42 Å². The lowest BCUT2D eigenvalue weighted by molar-refractivity contribution is -0.116. The average Bonchev–Trinajstić information content (AvgIpc) is 3.10. The molecular formula is C23H20N2O2. The summed E-state index contributed by atoms with van der Waals surface area (Å²) in [5, 5.41) is 3.00. The van der Waals surface area contributed by atoms with Crippen molar-refractivity contribution >= 4 is 22.7 Å². The number of para-hydroxylation sites is 1. The molecule has 134 valence electrons. The molecule has 27 heavy (non-hydrogen) atoms. The van der Waals surface area contributed by atoms with Gasteiger partial charge in [-0.3, -0.25) is 4.79 Å². The van der Waals surface area contributed by atoms with Crippen LogP contribution in [0.2, 0.25) is 0 Å². The van der Waals surface area contributed by atoms with Crippen molar-refractivity contribution in [3.8, 4) is 11.5 Å². The first-order valence-electron chi connectivity index (χ1n) is 8.99. The standard InChI is InChI=1S/C23H20N2O2/c1-16-11-13-21-20(15-16)25-23(27-21)18-9-5-6-10-19(18)24-22(26)14-12-17-7-3-2-4-8-17/h2-11,13,15H,12,14H2,1H3,(H,24,26). The number of aromatic nitrogens is 1. The highest BCUT2D eigenvalue weighted by atomic mass is 16.3. The van der Waals surface area contributed by atoms with E-state index in [1.807, 2.05) is 79.7 Å². The van der Waals surface area contributed by atoms with E-state index in [4.69, 9.17) is 4.42 Å². The maximum absolute atomic E-state index is 12.4. The van der Waals surface area contributed by atoms with Gasteiger partial charge in [0.2, 0.25) is 11.8 Å². The fraction of sp³-hybridized carbons (Fsp3) is 0.130. The fourth-order valence-corrected chi connectivity index (χ4v) is 3.05. The van der Waals surface area contributed by atoms with E-state index >= 15 is 0 Å². The van der Waals surface area contributed by atoms with E-state index in [9.17, 15) is 4.79 Å². The number of oxazole rings is 1. The van der Waals surface area contributed by atoms with Crippen LogP contribution in [0.4, 0.5) is 5.69 Å². The molecule has 1 aromatic heterocycles. The Balaban J connectivity index is 1.54. The first-order valence-corrected chi connectivity index (χ1v) is 8.99. The highest BCUT2D eigenvalue weighted by molar-refractivity contribution is 5.95. The number of amides is 1. The smallest absolute Gasteiger partial charge is 0.229 e. The Morgan fingerprint density at radius 3 is 2.63 bits per heavy atom. The summed E-state index contributed by atoms with van der Waals surface area (Å²) >= 11 is 0. The Bertz CT molecular complexity index is 1080. The first kappa shape index (κ1) is 17.0. The highest BCUT2D eigenvalue weighted by Crippen LogP contribution is 2.30. The number of benzene rings is 3. The summed E-state index contributed by atoms with van der Waals surface area (Å²) in [6.07, 6.45) is 1.13. The second kappa shape index (κ2) is 7.46. The number of anilines is 1. The topological polar surface area (TPSA) is 55.1 Å². The minimum absolute atomic E-state index is 0.0294. The zero-order chi connectivity index (χ0) is 18.6. The third-order valence-corrected chi connectivity index (χ3v) is 4.46. The summed E-state index contributed by atoms with van der Waals surface area (Å²) in [7, 11) is 0. The lowest BCUT2D eigenvalue weighted by atomic mass is 10.1. The van der Waals surface area contributed by atoms with Crippen molar-refractivity contribution in [2.24, 2.45) is 0 Å². The van der Waals surface area contributed by atoms with Gasteiger partial charge in [-0.05, 0) is 48.7 Å². The number of aryl methyl sites for hydroxylation is 2. The Labute approximate surface area is 157 Å². The van der Waals surface area contributed by atoms with Crippen LogP contribution in [0.5, 0.6) is 0 Å². The summed E-state index contributed by atoms with van der Waals surface area (Å²) in [5.74, 6) is 0.479. The molecule has 0 fully saturated rings. The molecule has 0 unspecified atom stereocenters. The van der Waals surface area contributed by atoms with Crippen LogP contribution in [0.15, 0.2) is 77.2 Å². The number of carbonyl (C=O) groups excluding carboxylic acids is 1. The van der Waals surface area contributed by atoms with Gasteiger partial charge in [-0.15, -0.1) is 0 Å². The summed E-state index contributed by atoms with van der Waals surface area (Å²) in [4.78, 5) is 17.0. The maximum Gasteiger partial charge on any atom is 0.229 e. The van der Waals surface area contributed by atoms with Crippen LogP contribution >= 0.6 is 0 Å². The van der Waals surface area contributed by atoms with E-state index in [-0.39, 0.29) is 5.91 Å². The molecule has 0 saturated heterocycles. The second-order valence-corrected chi connectivity index (χ2v) is 6.57. The molecule has 4 nitrogen and oxygen atoms in total. The molecule has 0 aliphatic heterocycles. The van der Waals surface area contributed by atoms with Crippen molar-refractivity contribution < 1.29 is 9.21 Å². The van der Waals surface area contributed by atoms with Gasteiger partial charge in [0.05, 0.1) is 11.3 Å². The zero-order valence-electron chi connectivity index (χ0n) is 15.1. The van der Waals surface area contributed by atoms with E-state index in [0.29, 0.717) is 24.4 Å². The SMILES string of the molecule is Cc1ccc2oc(-c3ccccc3NC(=O)CCc3ccccc3)nc2c1. The summed E-state index contributed by atoms with van der Waals surface area (Å²) < 4.78 is 5.90. The molecule has 0 spiro atoms. The van der Waals surface area contributed by atoms with Gasteiger partial charge in [-0.2, -0.15) is 0 Å². The van der Waals surface area contributed by atoms with E-state index in [0.717, 1.165) is 27.8 Å². The Hall–Kier alpha value is -3.40. The van der Waals surface area contributed by atoms with Crippen molar-refractivity contribution in [1.29, 1.82) is 0 Å². The van der Waals surface area contributed by atoms with Crippen LogP contribution in [0, 0.1) is 6.92 Å². The van der Waals surface area contributed by atoms with Crippen molar-refractivity contribution in [3.63, 3.8) is 0 Å². The number of hydrogen-bond donors (Lipinski definition) is 1. The number of nitrogens with one attached hydrogen (secondary N) is 1. The molecule has 0 aliphatic rings. The Morgan fingerprint density at radius 2 is 1.78 bits per heavy atom. The third-order valence-electron chi connectivity index (χ3n) is 4.46. The molecule has 3 aromatic carbocycles. The molecule has 0 atom stereocenters. The average molecular weight is 356 g/mol. The lowest BCUT2D eigenvalue weighted by Crippen LogP contribution is -2.13. The van der Waals surface area contributed by atoms with E-state index in [2.05, 4.69) is 10.3 Å². The van der Waals surface area contributed by atoms with Gasteiger partial charge in [0.15, 0.2) is 5.58 Å². The molecule has 1 heterocycles. The molecule has 0 aliphatic carbocycles. The molecule has 1 N–H and O–H groups in total. The summed E-state index contributed by atoms with van der Waals surface area (Å²) in [6, 6.07) is 23.5. The van der Waals surface area contributed by atoms with E-state index < -0.39 is 0 Å². The Kier molecular flexibility index (Phi) is 4.71. The third kappa shape index (κ3) is 3.90. The van der Waals surface area contributed by atoms with Gasteiger partial charge in [-0.25, -0.2) is 4.98 Å². The van der Waals surface area contributed by atoms with Gasteiger partial charge < -0.3 is 9.73 Å². The van der Waals surface area contributed by atoms with Crippen LogP contribution in [0.3, 0.4) is 0 Å². The number of fused-ring (bicyclic) bond motifs is 1. The molecule has 4 aromatic rings. The van der Waals surface area contributed by atoms with Crippen molar-refractivity contribution in [2.45, 2.75) is 19.8 Å². The molecule has 0 radical (unpaired) electrons. The van der Waals surface area contributed by atoms with Gasteiger partial charge in [-0.1, -0.05) is 48.5 Å². The van der Waals surface area contributed by atoms with Crippen molar-refractivity contribution in [1.82, 2.24) is 4.98 Å². The summed E-state index contributed by atoms with van der Waals surface area (Å²) in [6.45, 7) is 2.02. The van der Waals surface area contributed by atoms with Gasteiger partial charge >= 0.3 is 0 Å². The Morgan fingerprint density at radius 1 is 1.00 bits per heavy atom. The molecule has 0 bridgehead atoms. The molecular weight excluding hydrogens is 336 g/mol. The van der Waals surface area contributed by atoms with Gasteiger partial charge in [0.1, 0.15) is 5.52 Å². The minimum Gasteiger partial charge on any atom is -0.436 e. The molecule has 1 amide bonds. The molecule has 0 saturated carbocycles. The fourth-order valence-electron chi connectivity index (χ4n) is 3.05. The normalized spacial score (nSPS) is 10.9. The number of hydrogen-bond acceptors (Lipinski definition) is 3. The van der Waals surface area contributed by atoms with Crippen LogP contribution in [0.1, 0.15) is 17.5 Å². The van der Waals surface area contributed by atoms with Crippen molar-refractivity contribution in [3.05, 3.63) is 83.9 Å². The highest BCUT2D eigenvalue weighted by Gasteiger charge is 2.14. The monoisotopic (exact) mass is 356 g/mol. The van der Waals surface area contributed by atoms with Crippen LogP contribution in [0.25, 0.3) is 22.6 Å². The van der Waals surface area contributed by atoms with Crippen LogP contribution in [-0.4, -0.2) is 10.9 Å². The van der Waals surface area contributed by atoms with E-state index in [1.165, 1.54) is 0 Å². The minimum atomic E-state index is -0.0294. The summed E-state index contributed by atoms with van der Waals surface area (Å²) in [5.41, 5.74) is 5.31. The maximum atomic E-state index is 12.4. The number of nitrogens with zero attached hydrogens (tertiary/aromatic N) is 1. The molecule has 4 heteroatoms. The second-order valence-electron chi connectivity index (χ2n) is 6.57. The van der Waals surface area contributed by atoms with E-state index in [1.54, 1.807) is 0 Å². The quantitative estimate of drug-likeness (QED) is 0.523. The van der Waals surface area contributed by atoms with Crippen LogP contribution in [-0.2, 0) is 11.2 Å². The first-order chi connectivity index (χ1) is 13.2. The van der Waals surface area contributed by atoms with Gasteiger partial charge in [0.25, 0.3) is 0 Å². The predicted octanol–water partition coefficient (Wildman–Crippen LogP) is 5.37. The molecule has 4 rings (SSSR count). The van der Waals surface area contributed by atoms with Crippen molar-refractivity contribution in [2.75, 3.05) is 5.32 Å². The zero-order valence-corrected chi connectivity index (χ0v) is 15.1.